The number of nitrogens with two attached hydrogens (primary N) is 1. The van der Waals surface area contributed by atoms with Gasteiger partial charge in [0.2, 0.25) is 0 Å². The molecule has 0 fully saturated rings. The van der Waals surface area contributed by atoms with Gasteiger partial charge in [0.25, 0.3) is 0 Å². The van der Waals surface area contributed by atoms with E-state index in [0.29, 0.717) is 12.0 Å². The first-order chi connectivity index (χ1) is 5.61. The Bertz CT molecular complexity index is 98.0. The molecule has 2 N–H and O–H groups in total. The molecule has 0 rings (SSSR count). The van der Waals surface area contributed by atoms with Crippen LogP contribution in [0.25, 0.3) is 0 Å². The maximum Gasteiger partial charge on any atom is 0.00791 e. The Morgan fingerprint density at radius 2 is 1.67 bits per heavy atom. The van der Waals surface area contributed by atoms with Gasteiger partial charge in [-0.05, 0) is 33.0 Å². The lowest BCUT2D eigenvalue weighted by atomic mass is 9.92. The molecule has 0 aromatic carbocycles. The SMILES string of the molecule is CCC(CC)C(N)CCN(C)C. The average Bonchev–Trinajstić information content (AvgIpc) is 2.03. The van der Waals surface area contributed by atoms with Gasteiger partial charge < -0.3 is 10.6 Å². The van der Waals surface area contributed by atoms with Crippen LogP contribution < -0.4 is 5.73 Å². The second-order valence-corrected chi connectivity index (χ2v) is 3.83. The van der Waals surface area contributed by atoms with Crippen LogP contribution in [0.4, 0.5) is 0 Å². The number of nitrogens with zero attached hydrogens (tertiary/aromatic N) is 1. The van der Waals surface area contributed by atoms with Crippen LogP contribution in [0.5, 0.6) is 0 Å². The van der Waals surface area contributed by atoms with Crippen molar-refractivity contribution in [2.24, 2.45) is 11.7 Å². The molecule has 0 heterocycles. The molecule has 0 bridgehead atoms. The molecule has 0 saturated carbocycles. The van der Waals surface area contributed by atoms with Crippen molar-refractivity contribution in [2.75, 3.05) is 20.6 Å². The summed E-state index contributed by atoms with van der Waals surface area (Å²) in [6.07, 6.45) is 3.55. The zero-order valence-corrected chi connectivity index (χ0v) is 9.01. The Morgan fingerprint density at radius 1 is 1.17 bits per heavy atom. The fourth-order valence-electron chi connectivity index (χ4n) is 1.54. The molecule has 0 aromatic rings. The molecule has 1 atom stereocenters. The van der Waals surface area contributed by atoms with Gasteiger partial charge in [-0.25, -0.2) is 0 Å². The largest absolute Gasteiger partial charge is 0.327 e. The van der Waals surface area contributed by atoms with Crippen LogP contribution in [-0.4, -0.2) is 31.6 Å². The van der Waals surface area contributed by atoms with E-state index in [1.165, 1.54) is 12.8 Å². The topological polar surface area (TPSA) is 29.3 Å². The van der Waals surface area contributed by atoms with Gasteiger partial charge in [0, 0.05) is 6.04 Å². The van der Waals surface area contributed by atoms with Gasteiger partial charge in [0.05, 0.1) is 0 Å². The molecular weight excluding hydrogens is 148 g/mol. The minimum absolute atomic E-state index is 0.391. The zero-order chi connectivity index (χ0) is 9.56. The van der Waals surface area contributed by atoms with Crippen LogP contribution in [0, 0.1) is 5.92 Å². The highest BCUT2D eigenvalue weighted by Crippen LogP contribution is 2.13. The summed E-state index contributed by atoms with van der Waals surface area (Å²) in [5.74, 6) is 0.713. The summed E-state index contributed by atoms with van der Waals surface area (Å²) in [7, 11) is 4.19. The maximum atomic E-state index is 6.06. The molecular formula is C10H24N2. The van der Waals surface area contributed by atoms with Crippen molar-refractivity contribution < 1.29 is 0 Å². The van der Waals surface area contributed by atoms with Gasteiger partial charge in [0.15, 0.2) is 0 Å². The van der Waals surface area contributed by atoms with Gasteiger partial charge in [-0.2, -0.15) is 0 Å². The Morgan fingerprint density at radius 3 is 2.00 bits per heavy atom. The average molecular weight is 172 g/mol. The first-order valence-electron chi connectivity index (χ1n) is 5.02. The molecule has 0 spiro atoms. The van der Waals surface area contributed by atoms with Gasteiger partial charge >= 0.3 is 0 Å². The van der Waals surface area contributed by atoms with Crippen LogP contribution in [0.2, 0.25) is 0 Å². The third-order valence-corrected chi connectivity index (χ3v) is 2.56. The second kappa shape index (κ2) is 6.44. The number of hydrogen-bond donors (Lipinski definition) is 1. The Balaban J connectivity index is 3.61. The molecule has 2 heteroatoms. The highest BCUT2D eigenvalue weighted by molar-refractivity contribution is 4.71. The molecule has 0 aliphatic carbocycles. The van der Waals surface area contributed by atoms with Crippen molar-refractivity contribution >= 4 is 0 Å². The number of rotatable bonds is 6. The van der Waals surface area contributed by atoms with Crippen LogP contribution in [0.15, 0.2) is 0 Å². The Kier molecular flexibility index (Phi) is 6.39. The van der Waals surface area contributed by atoms with Crippen molar-refractivity contribution in [2.45, 2.75) is 39.2 Å². The predicted molar refractivity (Wildman–Crippen MR) is 55.2 cm³/mol. The molecule has 12 heavy (non-hydrogen) atoms. The monoisotopic (exact) mass is 172 g/mol. The highest BCUT2D eigenvalue weighted by Gasteiger charge is 2.13. The third kappa shape index (κ3) is 4.73. The van der Waals surface area contributed by atoms with Crippen LogP contribution in [0.3, 0.4) is 0 Å². The summed E-state index contributed by atoms with van der Waals surface area (Å²) in [5.41, 5.74) is 6.06. The summed E-state index contributed by atoms with van der Waals surface area (Å²) >= 11 is 0. The first-order valence-corrected chi connectivity index (χ1v) is 5.02. The molecule has 0 aliphatic rings. The third-order valence-electron chi connectivity index (χ3n) is 2.56. The molecule has 0 radical (unpaired) electrons. The molecule has 0 saturated heterocycles. The van der Waals surface area contributed by atoms with Gasteiger partial charge in [-0.15, -0.1) is 0 Å². The van der Waals surface area contributed by atoms with Crippen molar-refractivity contribution in [1.29, 1.82) is 0 Å². The van der Waals surface area contributed by atoms with Crippen molar-refractivity contribution in [3.63, 3.8) is 0 Å². The smallest absolute Gasteiger partial charge is 0.00791 e. The summed E-state index contributed by atoms with van der Waals surface area (Å²) in [4.78, 5) is 2.20. The van der Waals surface area contributed by atoms with E-state index < -0.39 is 0 Å². The van der Waals surface area contributed by atoms with Crippen molar-refractivity contribution in [1.82, 2.24) is 4.90 Å². The zero-order valence-electron chi connectivity index (χ0n) is 9.01. The summed E-state index contributed by atoms with van der Waals surface area (Å²) in [5, 5.41) is 0. The molecule has 0 aliphatic heterocycles. The van der Waals surface area contributed by atoms with E-state index in [1.54, 1.807) is 0 Å². The van der Waals surface area contributed by atoms with Crippen LogP contribution in [-0.2, 0) is 0 Å². The molecule has 0 amide bonds. The molecule has 2 nitrogen and oxygen atoms in total. The van der Waals surface area contributed by atoms with Crippen LogP contribution >= 0.6 is 0 Å². The predicted octanol–water partition coefficient (Wildman–Crippen LogP) is 1.70. The van der Waals surface area contributed by atoms with E-state index >= 15 is 0 Å². The van der Waals surface area contributed by atoms with E-state index in [0.717, 1.165) is 13.0 Å². The molecule has 74 valence electrons. The van der Waals surface area contributed by atoms with E-state index in [-0.39, 0.29) is 0 Å². The van der Waals surface area contributed by atoms with E-state index in [4.69, 9.17) is 5.73 Å². The van der Waals surface area contributed by atoms with E-state index in [9.17, 15) is 0 Å². The Labute approximate surface area is 77.1 Å². The summed E-state index contributed by atoms with van der Waals surface area (Å²) < 4.78 is 0. The van der Waals surface area contributed by atoms with Gasteiger partial charge in [-0.3, -0.25) is 0 Å². The molecule has 0 aromatic heterocycles. The van der Waals surface area contributed by atoms with Crippen molar-refractivity contribution in [3.8, 4) is 0 Å². The summed E-state index contributed by atoms with van der Waals surface area (Å²) in [6, 6.07) is 0.391. The minimum atomic E-state index is 0.391. The van der Waals surface area contributed by atoms with Gasteiger partial charge in [-0.1, -0.05) is 26.7 Å². The minimum Gasteiger partial charge on any atom is -0.327 e. The number of hydrogen-bond acceptors (Lipinski definition) is 2. The van der Waals surface area contributed by atoms with E-state index in [1.807, 2.05) is 0 Å². The normalized spacial score (nSPS) is 14.2. The lowest BCUT2D eigenvalue weighted by molar-refractivity contribution is 0.321. The Hall–Kier alpha value is -0.0800. The van der Waals surface area contributed by atoms with Crippen LogP contribution in [0.1, 0.15) is 33.1 Å². The summed E-state index contributed by atoms with van der Waals surface area (Å²) in [6.45, 7) is 5.56. The lowest BCUT2D eigenvalue weighted by Gasteiger charge is -2.22. The van der Waals surface area contributed by atoms with Gasteiger partial charge in [0.1, 0.15) is 0 Å². The fraction of sp³-hybridized carbons (Fsp3) is 1.00. The first kappa shape index (κ1) is 11.9. The highest BCUT2D eigenvalue weighted by atomic mass is 15.0. The fourth-order valence-corrected chi connectivity index (χ4v) is 1.54. The lowest BCUT2D eigenvalue weighted by Crippen LogP contribution is -2.32. The second-order valence-electron chi connectivity index (χ2n) is 3.83. The van der Waals surface area contributed by atoms with E-state index in [2.05, 4.69) is 32.8 Å². The van der Waals surface area contributed by atoms with Crippen molar-refractivity contribution in [3.05, 3.63) is 0 Å². The maximum absolute atomic E-state index is 6.06. The quantitative estimate of drug-likeness (QED) is 0.661. The molecule has 1 unspecified atom stereocenters. The standard InChI is InChI=1S/C10H24N2/c1-5-9(6-2)10(11)7-8-12(3)4/h9-10H,5-8,11H2,1-4H3.